The van der Waals surface area contributed by atoms with Crippen LogP contribution >= 0.6 is 0 Å². The lowest BCUT2D eigenvalue weighted by molar-refractivity contribution is 0.315. The first-order chi connectivity index (χ1) is 7.67. The first-order valence-corrected chi connectivity index (χ1v) is 5.85. The molecule has 1 aromatic rings. The summed E-state index contributed by atoms with van der Waals surface area (Å²) in [5.41, 5.74) is 2.65. The zero-order valence-electron chi connectivity index (χ0n) is 10.4. The fourth-order valence-electron chi connectivity index (χ4n) is 1.65. The molecule has 0 saturated heterocycles. The molecule has 0 aliphatic heterocycles. The maximum atomic E-state index is 8.67. The molecule has 0 aliphatic rings. The van der Waals surface area contributed by atoms with E-state index >= 15 is 0 Å². The molecule has 0 amide bonds. The summed E-state index contributed by atoms with van der Waals surface area (Å²) < 4.78 is 0. The number of nitriles is 1. The first-order valence-electron chi connectivity index (χ1n) is 5.85. The second-order valence-corrected chi connectivity index (χ2v) is 4.36. The molecule has 0 radical (unpaired) electrons. The summed E-state index contributed by atoms with van der Waals surface area (Å²) in [5.74, 6) is 0.579. The number of benzene rings is 1. The number of rotatable bonds is 5. The van der Waals surface area contributed by atoms with Gasteiger partial charge in [-0.2, -0.15) is 5.26 Å². The van der Waals surface area contributed by atoms with Crippen LogP contribution in [0.5, 0.6) is 0 Å². The average Bonchev–Trinajstić information content (AvgIpc) is 2.29. The van der Waals surface area contributed by atoms with Crippen molar-refractivity contribution in [3.8, 4) is 6.07 Å². The zero-order valence-corrected chi connectivity index (χ0v) is 10.4. The van der Waals surface area contributed by atoms with Gasteiger partial charge in [0.25, 0.3) is 0 Å². The van der Waals surface area contributed by atoms with Crippen LogP contribution in [0.2, 0.25) is 0 Å². The molecule has 0 unspecified atom stereocenters. The van der Waals surface area contributed by atoms with E-state index in [1.165, 1.54) is 11.1 Å². The predicted molar refractivity (Wildman–Crippen MR) is 67.1 cm³/mol. The molecule has 0 heterocycles. The van der Waals surface area contributed by atoms with Crippen LogP contribution in [-0.2, 0) is 6.54 Å². The van der Waals surface area contributed by atoms with Crippen LogP contribution in [0, 0.1) is 11.3 Å². The third-order valence-electron chi connectivity index (χ3n) is 2.79. The van der Waals surface area contributed by atoms with Gasteiger partial charge >= 0.3 is 0 Å². The van der Waals surface area contributed by atoms with E-state index in [0.717, 1.165) is 13.1 Å². The van der Waals surface area contributed by atoms with Crippen molar-refractivity contribution in [2.45, 2.75) is 33.2 Å². The first kappa shape index (κ1) is 12.7. The zero-order chi connectivity index (χ0) is 12.0. The van der Waals surface area contributed by atoms with Gasteiger partial charge in [-0.3, -0.25) is 4.90 Å². The van der Waals surface area contributed by atoms with Crippen molar-refractivity contribution in [2.24, 2.45) is 0 Å². The van der Waals surface area contributed by atoms with Gasteiger partial charge in [-0.15, -0.1) is 0 Å². The number of nitrogens with zero attached hydrogens (tertiary/aromatic N) is 2. The van der Waals surface area contributed by atoms with E-state index in [-0.39, 0.29) is 0 Å². The van der Waals surface area contributed by atoms with Gasteiger partial charge in [0.1, 0.15) is 0 Å². The third-order valence-corrected chi connectivity index (χ3v) is 2.79. The highest BCUT2D eigenvalue weighted by atomic mass is 15.1. The lowest BCUT2D eigenvalue weighted by Gasteiger charge is -2.17. The van der Waals surface area contributed by atoms with Gasteiger partial charge in [0.05, 0.1) is 12.6 Å². The van der Waals surface area contributed by atoms with Gasteiger partial charge in [0.2, 0.25) is 0 Å². The van der Waals surface area contributed by atoms with Crippen LogP contribution in [0.25, 0.3) is 0 Å². The van der Waals surface area contributed by atoms with Crippen LogP contribution in [0.3, 0.4) is 0 Å². The summed E-state index contributed by atoms with van der Waals surface area (Å²) >= 11 is 0. The Hall–Kier alpha value is -1.33. The molecule has 1 aromatic carbocycles. The SMILES string of the molecule is CCN(CC#N)Cc1ccc(C(C)C)cc1. The lowest BCUT2D eigenvalue weighted by Crippen LogP contribution is -2.22. The molecule has 86 valence electrons. The van der Waals surface area contributed by atoms with Crippen molar-refractivity contribution in [3.63, 3.8) is 0 Å². The largest absolute Gasteiger partial charge is 0.287 e. The summed E-state index contributed by atoms with van der Waals surface area (Å²) in [6.45, 7) is 8.76. The molecule has 0 saturated carbocycles. The Morgan fingerprint density at radius 3 is 2.31 bits per heavy atom. The molecule has 0 atom stereocenters. The maximum Gasteiger partial charge on any atom is 0.0868 e. The lowest BCUT2D eigenvalue weighted by atomic mass is 10.0. The summed E-state index contributed by atoms with van der Waals surface area (Å²) in [6.07, 6.45) is 0. The van der Waals surface area contributed by atoms with Gasteiger partial charge in [0.15, 0.2) is 0 Å². The fourth-order valence-corrected chi connectivity index (χ4v) is 1.65. The van der Waals surface area contributed by atoms with Crippen LogP contribution in [0.15, 0.2) is 24.3 Å². The van der Waals surface area contributed by atoms with Crippen LogP contribution in [0.1, 0.15) is 37.8 Å². The Morgan fingerprint density at radius 1 is 1.25 bits per heavy atom. The van der Waals surface area contributed by atoms with Crippen molar-refractivity contribution >= 4 is 0 Å². The van der Waals surface area contributed by atoms with E-state index in [9.17, 15) is 0 Å². The molecule has 0 aliphatic carbocycles. The predicted octanol–water partition coefficient (Wildman–Crippen LogP) is 3.16. The molecule has 0 spiro atoms. The van der Waals surface area contributed by atoms with E-state index in [0.29, 0.717) is 12.5 Å². The topological polar surface area (TPSA) is 27.0 Å². The Bertz CT molecular complexity index is 346. The minimum Gasteiger partial charge on any atom is -0.287 e. The van der Waals surface area contributed by atoms with Crippen molar-refractivity contribution in [1.82, 2.24) is 4.90 Å². The highest BCUT2D eigenvalue weighted by Gasteiger charge is 2.03. The minimum atomic E-state index is 0.502. The summed E-state index contributed by atoms with van der Waals surface area (Å²) in [5, 5.41) is 8.67. The maximum absolute atomic E-state index is 8.67. The number of hydrogen-bond acceptors (Lipinski definition) is 2. The second kappa shape index (κ2) is 6.30. The molecular weight excluding hydrogens is 196 g/mol. The Labute approximate surface area is 98.5 Å². The Kier molecular flexibility index (Phi) is 5.01. The van der Waals surface area contributed by atoms with Gasteiger partial charge in [-0.05, 0) is 23.6 Å². The van der Waals surface area contributed by atoms with Gasteiger partial charge in [-0.1, -0.05) is 45.0 Å². The van der Waals surface area contributed by atoms with E-state index in [4.69, 9.17) is 5.26 Å². The molecule has 0 fully saturated rings. The van der Waals surface area contributed by atoms with E-state index < -0.39 is 0 Å². The van der Waals surface area contributed by atoms with Crippen molar-refractivity contribution in [3.05, 3.63) is 35.4 Å². The minimum absolute atomic E-state index is 0.502. The van der Waals surface area contributed by atoms with Crippen molar-refractivity contribution in [1.29, 1.82) is 5.26 Å². The molecule has 0 aromatic heterocycles. The van der Waals surface area contributed by atoms with Crippen molar-refractivity contribution in [2.75, 3.05) is 13.1 Å². The van der Waals surface area contributed by atoms with Crippen LogP contribution in [-0.4, -0.2) is 18.0 Å². The molecule has 2 heteroatoms. The summed E-state index contributed by atoms with van der Waals surface area (Å²) in [4.78, 5) is 2.13. The van der Waals surface area contributed by atoms with Crippen LogP contribution in [0.4, 0.5) is 0 Å². The molecule has 0 bridgehead atoms. The van der Waals surface area contributed by atoms with Gasteiger partial charge < -0.3 is 0 Å². The normalized spacial score (nSPS) is 10.8. The molecule has 1 rings (SSSR count). The fraction of sp³-hybridized carbons (Fsp3) is 0.500. The third kappa shape index (κ3) is 3.67. The van der Waals surface area contributed by atoms with Crippen LogP contribution < -0.4 is 0 Å². The second-order valence-electron chi connectivity index (χ2n) is 4.36. The standard InChI is InChI=1S/C14H20N2/c1-4-16(10-9-15)11-13-5-7-14(8-6-13)12(2)3/h5-8,12H,4,10-11H2,1-3H3. The van der Waals surface area contributed by atoms with Crippen molar-refractivity contribution < 1.29 is 0 Å². The highest BCUT2D eigenvalue weighted by Crippen LogP contribution is 2.15. The summed E-state index contributed by atoms with van der Waals surface area (Å²) in [7, 11) is 0. The molecule has 0 N–H and O–H groups in total. The molecule has 16 heavy (non-hydrogen) atoms. The van der Waals surface area contributed by atoms with Gasteiger partial charge in [0, 0.05) is 6.54 Å². The van der Waals surface area contributed by atoms with Gasteiger partial charge in [-0.25, -0.2) is 0 Å². The smallest absolute Gasteiger partial charge is 0.0868 e. The average molecular weight is 216 g/mol. The Balaban J connectivity index is 2.64. The van der Waals surface area contributed by atoms with E-state index in [1.54, 1.807) is 0 Å². The van der Waals surface area contributed by atoms with E-state index in [1.807, 2.05) is 0 Å². The monoisotopic (exact) mass is 216 g/mol. The Morgan fingerprint density at radius 2 is 1.88 bits per heavy atom. The highest BCUT2D eigenvalue weighted by molar-refractivity contribution is 5.24. The van der Waals surface area contributed by atoms with E-state index in [2.05, 4.69) is 56.0 Å². The summed E-state index contributed by atoms with van der Waals surface area (Å²) in [6, 6.07) is 10.9. The quantitative estimate of drug-likeness (QED) is 0.707. The molecule has 2 nitrogen and oxygen atoms in total. The number of hydrogen-bond donors (Lipinski definition) is 0. The molecular formula is C14H20N2.